The van der Waals surface area contributed by atoms with Gasteiger partial charge in [-0.25, -0.2) is 0 Å². The van der Waals surface area contributed by atoms with E-state index in [9.17, 15) is 0 Å². The van der Waals surface area contributed by atoms with Gasteiger partial charge in [0.2, 0.25) is 0 Å². The van der Waals surface area contributed by atoms with E-state index >= 15 is 0 Å². The zero-order chi connectivity index (χ0) is 12.3. The molecule has 1 heteroatoms. The molecule has 0 radical (unpaired) electrons. The maximum atomic E-state index is 2.24. The van der Waals surface area contributed by atoms with Crippen LogP contribution in [0.4, 0.5) is 0 Å². The SMILES string of the molecule is C[C@@H](c1ccccc1-c1ccccc1)N(C)C. The Labute approximate surface area is 104 Å². The van der Waals surface area contributed by atoms with Gasteiger partial charge in [0.1, 0.15) is 0 Å². The van der Waals surface area contributed by atoms with E-state index in [1.807, 2.05) is 0 Å². The third-order valence-corrected chi connectivity index (χ3v) is 3.27. The van der Waals surface area contributed by atoms with Gasteiger partial charge in [0, 0.05) is 6.04 Å². The minimum Gasteiger partial charge on any atom is -0.303 e. The Morgan fingerprint density at radius 3 is 2.06 bits per heavy atom. The molecule has 2 rings (SSSR count). The number of hydrogen-bond acceptors (Lipinski definition) is 1. The predicted molar refractivity (Wildman–Crippen MR) is 74.0 cm³/mol. The van der Waals surface area contributed by atoms with Gasteiger partial charge < -0.3 is 4.90 Å². The monoisotopic (exact) mass is 225 g/mol. The van der Waals surface area contributed by atoms with Crippen molar-refractivity contribution in [1.82, 2.24) is 4.90 Å². The van der Waals surface area contributed by atoms with Crippen LogP contribution in [0, 0.1) is 0 Å². The van der Waals surface area contributed by atoms with Crippen LogP contribution in [0.3, 0.4) is 0 Å². The van der Waals surface area contributed by atoms with Gasteiger partial charge in [-0.15, -0.1) is 0 Å². The highest BCUT2D eigenvalue weighted by Gasteiger charge is 2.12. The summed E-state index contributed by atoms with van der Waals surface area (Å²) in [6.07, 6.45) is 0. The highest BCUT2D eigenvalue weighted by molar-refractivity contribution is 5.67. The van der Waals surface area contributed by atoms with Crippen molar-refractivity contribution in [3.8, 4) is 11.1 Å². The lowest BCUT2D eigenvalue weighted by Crippen LogP contribution is -2.17. The Bertz CT molecular complexity index is 474. The highest BCUT2D eigenvalue weighted by Crippen LogP contribution is 2.29. The molecule has 17 heavy (non-hydrogen) atoms. The molecule has 0 unspecified atom stereocenters. The van der Waals surface area contributed by atoms with Crippen LogP contribution in [-0.2, 0) is 0 Å². The average Bonchev–Trinajstić information content (AvgIpc) is 2.39. The van der Waals surface area contributed by atoms with Crippen molar-refractivity contribution in [2.24, 2.45) is 0 Å². The van der Waals surface area contributed by atoms with Crippen molar-refractivity contribution in [2.75, 3.05) is 14.1 Å². The Balaban J connectivity index is 2.48. The lowest BCUT2D eigenvalue weighted by atomic mass is 9.95. The molecule has 0 amide bonds. The van der Waals surface area contributed by atoms with Gasteiger partial charge >= 0.3 is 0 Å². The second-order valence-corrected chi connectivity index (χ2v) is 4.59. The van der Waals surface area contributed by atoms with E-state index in [2.05, 4.69) is 80.5 Å². The van der Waals surface area contributed by atoms with E-state index in [-0.39, 0.29) is 0 Å². The summed E-state index contributed by atoms with van der Waals surface area (Å²) in [6.45, 7) is 2.24. The van der Waals surface area contributed by atoms with Gasteiger partial charge in [-0.05, 0) is 37.7 Å². The third kappa shape index (κ3) is 2.56. The molecule has 0 aliphatic rings. The lowest BCUT2D eigenvalue weighted by molar-refractivity contribution is 0.322. The fourth-order valence-electron chi connectivity index (χ4n) is 2.02. The molecule has 0 aromatic heterocycles. The van der Waals surface area contributed by atoms with Crippen molar-refractivity contribution in [1.29, 1.82) is 0 Å². The molecule has 0 saturated heterocycles. The van der Waals surface area contributed by atoms with Crippen molar-refractivity contribution in [3.63, 3.8) is 0 Å². The van der Waals surface area contributed by atoms with Crippen LogP contribution in [-0.4, -0.2) is 19.0 Å². The number of nitrogens with zero attached hydrogens (tertiary/aromatic N) is 1. The van der Waals surface area contributed by atoms with Crippen LogP contribution < -0.4 is 0 Å². The van der Waals surface area contributed by atoms with Gasteiger partial charge in [0.15, 0.2) is 0 Å². The average molecular weight is 225 g/mol. The molecule has 0 aliphatic carbocycles. The van der Waals surface area contributed by atoms with E-state index in [0.29, 0.717) is 6.04 Å². The van der Waals surface area contributed by atoms with E-state index in [1.165, 1.54) is 16.7 Å². The molecule has 88 valence electrons. The fraction of sp³-hybridized carbons (Fsp3) is 0.250. The van der Waals surface area contributed by atoms with Crippen LogP contribution in [0.1, 0.15) is 18.5 Å². The van der Waals surface area contributed by atoms with Gasteiger partial charge in [-0.2, -0.15) is 0 Å². The fourth-order valence-corrected chi connectivity index (χ4v) is 2.02. The summed E-state index contributed by atoms with van der Waals surface area (Å²) in [5.41, 5.74) is 4.00. The first-order chi connectivity index (χ1) is 8.20. The van der Waals surface area contributed by atoms with E-state index in [1.54, 1.807) is 0 Å². The minimum atomic E-state index is 0.423. The lowest BCUT2D eigenvalue weighted by Gasteiger charge is -2.23. The molecule has 0 aliphatic heterocycles. The summed E-state index contributed by atoms with van der Waals surface area (Å²) in [5, 5.41) is 0. The molecule has 2 aromatic rings. The van der Waals surface area contributed by atoms with Crippen LogP contribution in [0.2, 0.25) is 0 Å². The van der Waals surface area contributed by atoms with Crippen LogP contribution in [0.5, 0.6) is 0 Å². The Morgan fingerprint density at radius 1 is 0.824 bits per heavy atom. The molecular formula is C16H19N. The molecule has 0 saturated carbocycles. The van der Waals surface area contributed by atoms with Crippen molar-refractivity contribution < 1.29 is 0 Å². The van der Waals surface area contributed by atoms with Gasteiger partial charge in [0.25, 0.3) is 0 Å². The first kappa shape index (κ1) is 11.9. The smallest absolute Gasteiger partial charge is 0.0319 e. The molecule has 0 bridgehead atoms. The molecule has 0 heterocycles. The summed E-state index contributed by atoms with van der Waals surface area (Å²) in [6, 6.07) is 19.6. The third-order valence-electron chi connectivity index (χ3n) is 3.27. The van der Waals surface area contributed by atoms with Crippen molar-refractivity contribution in [3.05, 3.63) is 60.2 Å². The van der Waals surface area contributed by atoms with Crippen molar-refractivity contribution >= 4 is 0 Å². The van der Waals surface area contributed by atoms with Crippen LogP contribution >= 0.6 is 0 Å². The van der Waals surface area contributed by atoms with Crippen LogP contribution in [0.25, 0.3) is 11.1 Å². The Morgan fingerprint density at radius 2 is 1.41 bits per heavy atom. The predicted octanol–water partition coefficient (Wildman–Crippen LogP) is 3.98. The van der Waals surface area contributed by atoms with Gasteiger partial charge in [0.05, 0.1) is 0 Å². The summed E-state index contributed by atoms with van der Waals surface area (Å²) < 4.78 is 0. The number of rotatable bonds is 3. The number of hydrogen-bond donors (Lipinski definition) is 0. The van der Waals surface area contributed by atoms with E-state index in [4.69, 9.17) is 0 Å². The normalized spacial score (nSPS) is 12.7. The topological polar surface area (TPSA) is 3.24 Å². The molecule has 1 atom stereocenters. The summed E-state index contributed by atoms with van der Waals surface area (Å²) in [7, 11) is 4.24. The zero-order valence-corrected chi connectivity index (χ0v) is 10.7. The minimum absolute atomic E-state index is 0.423. The molecule has 0 spiro atoms. The maximum Gasteiger partial charge on any atom is 0.0319 e. The zero-order valence-electron chi connectivity index (χ0n) is 10.7. The first-order valence-electron chi connectivity index (χ1n) is 6.01. The first-order valence-corrected chi connectivity index (χ1v) is 6.01. The summed E-state index contributed by atoms with van der Waals surface area (Å²) in [4.78, 5) is 2.24. The molecule has 0 fully saturated rings. The molecule has 2 aromatic carbocycles. The Kier molecular flexibility index (Phi) is 3.60. The molecule has 1 nitrogen and oxygen atoms in total. The second-order valence-electron chi connectivity index (χ2n) is 4.59. The molecule has 0 N–H and O–H groups in total. The second kappa shape index (κ2) is 5.15. The largest absolute Gasteiger partial charge is 0.303 e. The maximum absolute atomic E-state index is 2.24. The van der Waals surface area contributed by atoms with E-state index in [0.717, 1.165) is 0 Å². The summed E-state index contributed by atoms with van der Waals surface area (Å²) in [5.74, 6) is 0. The van der Waals surface area contributed by atoms with Gasteiger partial charge in [-0.3, -0.25) is 0 Å². The highest BCUT2D eigenvalue weighted by atomic mass is 15.1. The summed E-state index contributed by atoms with van der Waals surface area (Å²) >= 11 is 0. The van der Waals surface area contributed by atoms with Crippen LogP contribution in [0.15, 0.2) is 54.6 Å². The molecular weight excluding hydrogens is 206 g/mol. The van der Waals surface area contributed by atoms with E-state index < -0.39 is 0 Å². The standard InChI is InChI=1S/C16H19N/c1-13(17(2)3)15-11-7-8-12-16(15)14-9-5-4-6-10-14/h4-13H,1-3H3/t13-/m0/s1. The Hall–Kier alpha value is -1.60. The van der Waals surface area contributed by atoms with Crippen molar-refractivity contribution in [2.45, 2.75) is 13.0 Å². The number of benzene rings is 2. The quantitative estimate of drug-likeness (QED) is 0.763. The van der Waals surface area contributed by atoms with Gasteiger partial charge in [-0.1, -0.05) is 54.6 Å².